The lowest BCUT2D eigenvalue weighted by Crippen LogP contribution is -2.05. The van der Waals surface area contributed by atoms with Crippen LogP contribution in [-0.4, -0.2) is 0 Å². The standard InChI is InChI=1S/C10H14/c1-2-3-9-6-8-4-5-10(9)7-8/h2,4,9-10H,1,3,5-7H2. The highest BCUT2D eigenvalue weighted by atomic mass is 14.4. The summed E-state index contributed by atoms with van der Waals surface area (Å²) in [6.45, 7) is 3.79. The van der Waals surface area contributed by atoms with E-state index in [-0.39, 0.29) is 0 Å². The van der Waals surface area contributed by atoms with E-state index in [0.29, 0.717) is 0 Å². The van der Waals surface area contributed by atoms with Gasteiger partial charge in [0.1, 0.15) is 0 Å². The van der Waals surface area contributed by atoms with Crippen LogP contribution in [0.5, 0.6) is 0 Å². The SMILES string of the molecule is C=CCC1CC2=CCC1C2. The molecule has 0 heteroatoms. The number of rotatable bonds is 2. The van der Waals surface area contributed by atoms with Crippen LogP contribution in [0.15, 0.2) is 24.3 Å². The maximum Gasteiger partial charge on any atom is -0.0286 e. The van der Waals surface area contributed by atoms with E-state index in [1.54, 1.807) is 5.57 Å². The Labute approximate surface area is 62.6 Å². The Kier molecular flexibility index (Phi) is 1.40. The van der Waals surface area contributed by atoms with E-state index < -0.39 is 0 Å². The molecular formula is C10H14. The molecule has 0 aromatic heterocycles. The van der Waals surface area contributed by atoms with Gasteiger partial charge in [-0.2, -0.15) is 0 Å². The number of allylic oxidation sites excluding steroid dienone is 3. The lowest BCUT2D eigenvalue weighted by Gasteiger charge is -2.15. The van der Waals surface area contributed by atoms with Crippen molar-refractivity contribution in [2.24, 2.45) is 11.8 Å². The minimum atomic E-state index is 0.956. The third-order valence-electron chi connectivity index (χ3n) is 2.89. The Hall–Kier alpha value is -0.520. The van der Waals surface area contributed by atoms with Gasteiger partial charge in [-0.05, 0) is 37.5 Å². The van der Waals surface area contributed by atoms with Crippen LogP contribution in [-0.2, 0) is 0 Å². The van der Waals surface area contributed by atoms with E-state index in [0.717, 1.165) is 11.8 Å². The number of fused-ring (bicyclic) bond motifs is 2. The van der Waals surface area contributed by atoms with Crippen molar-refractivity contribution in [3.63, 3.8) is 0 Å². The summed E-state index contributed by atoms with van der Waals surface area (Å²) in [5.41, 5.74) is 1.72. The topological polar surface area (TPSA) is 0 Å². The first-order chi connectivity index (χ1) is 4.90. The summed E-state index contributed by atoms with van der Waals surface area (Å²) < 4.78 is 0. The molecule has 0 amide bonds. The highest BCUT2D eigenvalue weighted by Crippen LogP contribution is 2.45. The van der Waals surface area contributed by atoms with Gasteiger partial charge in [-0.3, -0.25) is 0 Å². The van der Waals surface area contributed by atoms with Crippen molar-refractivity contribution in [1.29, 1.82) is 0 Å². The Bertz CT molecular complexity index is 176. The van der Waals surface area contributed by atoms with E-state index >= 15 is 0 Å². The number of hydrogen-bond donors (Lipinski definition) is 0. The van der Waals surface area contributed by atoms with Gasteiger partial charge in [0.25, 0.3) is 0 Å². The highest BCUT2D eigenvalue weighted by molar-refractivity contribution is 5.18. The Morgan fingerprint density at radius 1 is 1.60 bits per heavy atom. The molecule has 2 rings (SSSR count). The van der Waals surface area contributed by atoms with Crippen LogP contribution in [0.25, 0.3) is 0 Å². The lowest BCUT2D eigenvalue weighted by atomic mass is 9.89. The van der Waals surface area contributed by atoms with E-state index in [1.807, 2.05) is 0 Å². The highest BCUT2D eigenvalue weighted by Gasteiger charge is 2.32. The molecule has 2 aliphatic rings. The fraction of sp³-hybridized carbons (Fsp3) is 0.600. The predicted molar refractivity (Wildman–Crippen MR) is 43.7 cm³/mol. The molecule has 2 aliphatic carbocycles. The van der Waals surface area contributed by atoms with Crippen molar-refractivity contribution in [3.05, 3.63) is 24.3 Å². The van der Waals surface area contributed by atoms with E-state index in [2.05, 4.69) is 18.7 Å². The van der Waals surface area contributed by atoms with Gasteiger partial charge in [0.15, 0.2) is 0 Å². The predicted octanol–water partition coefficient (Wildman–Crippen LogP) is 2.92. The molecule has 0 radical (unpaired) electrons. The molecule has 2 unspecified atom stereocenters. The Balaban J connectivity index is 2.03. The molecule has 2 bridgehead atoms. The second-order valence-corrected chi connectivity index (χ2v) is 3.55. The zero-order valence-electron chi connectivity index (χ0n) is 6.34. The summed E-state index contributed by atoms with van der Waals surface area (Å²) in [6, 6.07) is 0. The molecule has 0 N–H and O–H groups in total. The fourth-order valence-corrected chi connectivity index (χ4v) is 2.34. The summed E-state index contributed by atoms with van der Waals surface area (Å²) in [7, 11) is 0. The third-order valence-corrected chi connectivity index (χ3v) is 2.89. The van der Waals surface area contributed by atoms with Crippen molar-refractivity contribution >= 4 is 0 Å². The molecule has 0 aromatic carbocycles. The van der Waals surface area contributed by atoms with Crippen LogP contribution >= 0.6 is 0 Å². The molecule has 0 nitrogen and oxygen atoms in total. The van der Waals surface area contributed by atoms with Gasteiger partial charge in [-0.15, -0.1) is 6.58 Å². The van der Waals surface area contributed by atoms with E-state index in [4.69, 9.17) is 0 Å². The van der Waals surface area contributed by atoms with Crippen LogP contribution in [0.1, 0.15) is 25.7 Å². The zero-order valence-corrected chi connectivity index (χ0v) is 6.34. The van der Waals surface area contributed by atoms with Crippen molar-refractivity contribution < 1.29 is 0 Å². The monoisotopic (exact) mass is 134 g/mol. The van der Waals surface area contributed by atoms with Crippen LogP contribution in [0.3, 0.4) is 0 Å². The summed E-state index contributed by atoms with van der Waals surface area (Å²) >= 11 is 0. The first kappa shape index (κ1) is 6.21. The average Bonchev–Trinajstić information content (AvgIpc) is 2.48. The van der Waals surface area contributed by atoms with Crippen molar-refractivity contribution in [3.8, 4) is 0 Å². The summed E-state index contributed by atoms with van der Waals surface area (Å²) in [4.78, 5) is 0. The van der Waals surface area contributed by atoms with Gasteiger partial charge >= 0.3 is 0 Å². The van der Waals surface area contributed by atoms with Crippen LogP contribution in [0.4, 0.5) is 0 Å². The molecule has 1 fully saturated rings. The second-order valence-electron chi connectivity index (χ2n) is 3.55. The molecule has 0 saturated heterocycles. The average molecular weight is 134 g/mol. The van der Waals surface area contributed by atoms with Crippen molar-refractivity contribution in [1.82, 2.24) is 0 Å². The fourth-order valence-electron chi connectivity index (χ4n) is 2.34. The third kappa shape index (κ3) is 0.828. The normalized spacial score (nSPS) is 36.2. The molecule has 0 aliphatic heterocycles. The molecule has 0 spiro atoms. The van der Waals surface area contributed by atoms with Crippen LogP contribution < -0.4 is 0 Å². The van der Waals surface area contributed by atoms with Gasteiger partial charge in [0.05, 0.1) is 0 Å². The van der Waals surface area contributed by atoms with Crippen LogP contribution in [0.2, 0.25) is 0 Å². The molecule has 0 heterocycles. The van der Waals surface area contributed by atoms with Gasteiger partial charge in [-0.25, -0.2) is 0 Å². The maximum atomic E-state index is 3.79. The second kappa shape index (κ2) is 2.26. The smallest absolute Gasteiger partial charge is 0.0286 e. The lowest BCUT2D eigenvalue weighted by molar-refractivity contribution is 0.394. The quantitative estimate of drug-likeness (QED) is 0.509. The molecule has 0 aromatic rings. The van der Waals surface area contributed by atoms with E-state index in [1.165, 1.54) is 25.7 Å². The summed E-state index contributed by atoms with van der Waals surface area (Å²) in [5.74, 6) is 1.95. The number of hydrogen-bond acceptors (Lipinski definition) is 0. The largest absolute Gasteiger partial charge is 0.103 e. The van der Waals surface area contributed by atoms with Gasteiger partial charge < -0.3 is 0 Å². The minimum Gasteiger partial charge on any atom is -0.103 e. The first-order valence-electron chi connectivity index (χ1n) is 4.19. The summed E-state index contributed by atoms with van der Waals surface area (Å²) in [6.07, 6.45) is 9.88. The molecular weight excluding hydrogens is 120 g/mol. The Morgan fingerprint density at radius 3 is 3.00 bits per heavy atom. The van der Waals surface area contributed by atoms with Gasteiger partial charge in [0, 0.05) is 0 Å². The van der Waals surface area contributed by atoms with Crippen molar-refractivity contribution in [2.45, 2.75) is 25.7 Å². The molecule has 1 saturated carbocycles. The van der Waals surface area contributed by atoms with Crippen molar-refractivity contribution in [2.75, 3.05) is 0 Å². The van der Waals surface area contributed by atoms with Gasteiger partial charge in [-0.1, -0.05) is 17.7 Å². The minimum absolute atomic E-state index is 0.956. The molecule has 2 atom stereocenters. The van der Waals surface area contributed by atoms with E-state index in [9.17, 15) is 0 Å². The van der Waals surface area contributed by atoms with Crippen LogP contribution in [0, 0.1) is 11.8 Å². The maximum absolute atomic E-state index is 3.79. The summed E-state index contributed by atoms with van der Waals surface area (Å²) in [5, 5.41) is 0. The first-order valence-corrected chi connectivity index (χ1v) is 4.19. The van der Waals surface area contributed by atoms with Gasteiger partial charge in [0.2, 0.25) is 0 Å². The molecule has 10 heavy (non-hydrogen) atoms. The molecule has 54 valence electrons. The Morgan fingerprint density at radius 2 is 2.50 bits per heavy atom. The zero-order chi connectivity index (χ0) is 6.97.